The van der Waals surface area contributed by atoms with E-state index >= 15 is 0 Å². The summed E-state index contributed by atoms with van der Waals surface area (Å²) in [6.45, 7) is 5.09. The molecule has 0 radical (unpaired) electrons. The van der Waals surface area contributed by atoms with Gasteiger partial charge in [-0.05, 0) is 26.3 Å². The Morgan fingerprint density at radius 3 is 2.54 bits per heavy atom. The molecule has 146 valence electrons. The molecule has 1 aromatic carbocycles. The lowest BCUT2D eigenvalue weighted by atomic mass is 10.1. The molecule has 9 nitrogen and oxygen atoms in total. The minimum absolute atomic E-state index is 0.0498. The quantitative estimate of drug-likeness (QED) is 0.354. The molecule has 0 aromatic heterocycles. The number of nitrogens with two attached hydrogens (primary N) is 1. The van der Waals surface area contributed by atoms with Crippen molar-refractivity contribution in [1.29, 1.82) is 0 Å². The highest BCUT2D eigenvalue weighted by atomic mass is 32.2. The highest BCUT2D eigenvalue weighted by Crippen LogP contribution is 2.27. The Labute approximate surface area is 153 Å². The van der Waals surface area contributed by atoms with Gasteiger partial charge in [0, 0.05) is 24.2 Å². The van der Waals surface area contributed by atoms with E-state index in [2.05, 4.69) is 4.72 Å². The van der Waals surface area contributed by atoms with Crippen molar-refractivity contribution >= 4 is 21.7 Å². The van der Waals surface area contributed by atoms with E-state index < -0.39 is 32.6 Å². The first-order valence-electron chi connectivity index (χ1n) is 8.36. The monoisotopic (exact) mass is 387 g/mol. The highest BCUT2D eigenvalue weighted by molar-refractivity contribution is 7.89. The van der Waals surface area contributed by atoms with Crippen molar-refractivity contribution < 1.29 is 22.9 Å². The first-order chi connectivity index (χ1) is 12.2. The van der Waals surface area contributed by atoms with Crippen LogP contribution in [0.3, 0.4) is 0 Å². The largest absolute Gasteiger partial charge is 0.462 e. The van der Waals surface area contributed by atoms with E-state index in [4.69, 9.17) is 10.5 Å². The van der Waals surface area contributed by atoms with Crippen molar-refractivity contribution in [3.05, 3.63) is 33.4 Å². The normalized spacial score (nSPS) is 12.6. The number of nitrogens with one attached hydrogen (secondary N) is 1. The Balaban J connectivity index is 3.37. The summed E-state index contributed by atoms with van der Waals surface area (Å²) in [7, 11) is -4.09. The summed E-state index contributed by atoms with van der Waals surface area (Å²) >= 11 is 0. The lowest BCUT2D eigenvalue weighted by Crippen LogP contribution is -2.40. The van der Waals surface area contributed by atoms with Gasteiger partial charge in [0.2, 0.25) is 10.0 Å². The number of carbonyl (C=O) groups excluding carboxylic acids is 1. The van der Waals surface area contributed by atoms with Gasteiger partial charge in [0.25, 0.3) is 5.69 Å². The van der Waals surface area contributed by atoms with Crippen molar-refractivity contribution in [2.24, 2.45) is 5.73 Å². The number of hydrogen-bond donors (Lipinski definition) is 2. The van der Waals surface area contributed by atoms with Crippen LogP contribution in [0.1, 0.15) is 49.0 Å². The van der Waals surface area contributed by atoms with Crippen LogP contribution in [0.15, 0.2) is 17.0 Å². The van der Waals surface area contributed by atoms with Crippen LogP contribution in [-0.4, -0.2) is 38.5 Å². The minimum Gasteiger partial charge on any atom is -0.462 e. The Kier molecular flexibility index (Phi) is 8.12. The molecular weight excluding hydrogens is 362 g/mol. The highest BCUT2D eigenvalue weighted by Gasteiger charge is 2.27. The standard InChI is InChI=1S/C16H25N3O6S/c1-4-6-7-12(10-17)18-26(23,24)13-8-14(16(20)25-5-2)11(3)15(9-13)19(21)22/h8-9,12,18H,4-7,10,17H2,1-3H3. The third-order valence-corrected chi connectivity index (χ3v) is 5.37. The molecule has 1 aromatic rings. The number of hydrogen-bond acceptors (Lipinski definition) is 7. The van der Waals surface area contributed by atoms with Crippen LogP contribution in [0.2, 0.25) is 0 Å². The van der Waals surface area contributed by atoms with Gasteiger partial charge < -0.3 is 10.5 Å². The van der Waals surface area contributed by atoms with Crippen LogP contribution >= 0.6 is 0 Å². The van der Waals surface area contributed by atoms with Gasteiger partial charge in [-0.2, -0.15) is 0 Å². The van der Waals surface area contributed by atoms with Crippen LogP contribution in [0.5, 0.6) is 0 Å². The summed E-state index contributed by atoms with van der Waals surface area (Å²) in [5.41, 5.74) is 5.04. The second-order valence-electron chi connectivity index (χ2n) is 5.79. The summed E-state index contributed by atoms with van der Waals surface area (Å²) in [6.07, 6.45) is 2.21. The lowest BCUT2D eigenvalue weighted by Gasteiger charge is -2.17. The van der Waals surface area contributed by atoms with Crippen LogP contribution in [0.25, 0.3) is 0 Å². The van der Waals surface area contributed by atoms with Crippen LogP contribution in [-0.2, 0) is 14.8 Å². The molecule has 1 atom stereocenters. The molecule has 0 saturated carbocycles. The van der Waals surface area contributed by atoms with E-state index in [1.165, 1.54) is 6.92 Å². The number of esters is 1. The van der Waals surface area contributed by atoms with E-state index in [0.717, 1.165) is 25.0 Å². The summed E-state index contributed by atoms with van der Waals surface area (Å²) in [6, 6.07) is 1.54. The van der Waals surface area contributed by atoms with Gasteiger partial charge in [0.15, 0.2) is 0 Å². The molecule has 0 fully saturated rings. The zero-order valence-corrected chi connectivity index (χ0v) is 16.0. The van der Waals surface area contributed by atoms with Crippen LogP contribution in [0, 0.1) is 17.0 Å². The maximum atomic E-state index is 12.6. The Hall–Kier alpha value is -2.04. The van der Waals surface area contributed by atoms with E-state index in [1.54, 1.807) is 6.92 Å². The van der Waals surface area contributed by atoms with E-state index in [9.17, 15) is 23.3 Å². The van der Waals surface area contributed by atoms with Crippen molar-refractivity contribution in [3.63, 3.8) is 0 Å². The fourth-order valence-corrected chi connectivity index (χ4v) is 3.73. The number of carbonyl (C=O) groups is 1. The van der Waals surface area contributed by atoms with Crippen LogP contribution in [0.4, 0.5) is 5.69 Å². The molecule has 3 N–H and O–H groups in total. The molecule has 10 heteroatoms. The molecule has 1 unspecified atom stereocenters. The maximum absolute atomic E-state index is 12.6. The predicted molar refractivity (Wildman–Crippen MR) is 96.5 cm³/mol. The van der Waals surface area contributed by atoms with E-state index in [-0.39, 0.29) is 29.2 Å². The number of benzene rings is 1. The van der Waals surface area contributed by atoms with Crippen molar-refractivity contribution in [2.75, 3.05) is 13.2 Å². The van der Waals surface area contributed by atoms with Gasteiger partial charge in [-0.3, -0.25) is 10.1 Å². The van der Waals surface area contributed by atoms with E-state index in [1.807, 2.05) is 6.92 Å². The van der Waals surface area contributed by atoms with Gasteiger partial charge in [-0.25, -0.2) is 17.9 Å². The number of rotatable bonds is 10. The van der Waals surface area contributed by atoms with Crippen molar-refractivity contribution in [1.82, 2.24) is 4.72 Å². The molecule has 26 heavy (non-hydrogen) atoms. The van der Waals surface area contributed by atoms with Crippen molar-refractivity contribution in [2.45, 2.75) is 51.0 Å². The first-order valence-corrected chi connectivity index (χ1v) is 9.84. The molecule has 0 bridgehead atoms. The van der Waals surface area contributed by atoms with Crippen molar-refractivity contribution in [3.8, 4) is 0 Å². The fraction of sp³-hybridized carbons (Fsp3) is 0.562. The second kappa shape index (κ2) is 9.60. The Morgan fingerprint density at radius 1 is 1.38 bits per heavy atom. The summed E-state index contributed by atoms with van der Waals surface area (Å²) < 4.78 is 32.6. The summed E-state index contributed by atoms with van der Waals surface area (Å²) in [4.78, 5) is 22.2. The molecule has 0 amide bonds. The smallest absolute Gasteiger partial charge is 0.338 e. The number of nitro groups is 1. The SMILES string of the molecule is CCCCC(CN)NS(=O)(=O)c1cc(C(=O)OCC)c(C)c([N+](=O)[O-])c1. The average molecular weight is 387 g/mol. The lowest BCUT2D eigenvalue weighted by molar-refractivity contribution is -0.385. The number of unbranched alkanes of at least 4 members (excludes halogenated alkanes) is 1. The topological polar surface area (TPSA) is 142 Å². The number of ether oxygens (including phenoxy) is 1. The summed E-state index contributed by atoms with van der Waals surface area (Å²) in [5, 5.41) is 11.3. The predicted octanol–water partition coefficient (Wildman–Crippen LogP) is 1.88. The van der Waals surface area contributed by atoms with Crippen LogP contribution < -0.4 is 10.5 Å². The minimum atomic E-state index is -4.09. The zero-order chi connectivity index (χ0) is 19.9. The Bertz CT molecular complexity index is 763. The summed E-state index contributed by atoms with van der Waals surface area (Å²) in [5.74, 6) is -0.813. The molecule has 0 aliphatic rings. The molecular formula is C16H25N3O6S. The Morgan fingerprint density at radius 2 is 2.04 bits per heavy atom. The number of nitro benzene ring substituents is 1. The van der Waals surface area contributed by atoms with Gasteiger partial charge >= 0.3 is 5.97 Å². The molecule has 1 rings (SSSR count). The third-order valence-electron chi connectivity index (χ3n) is 3.87. The van der Waals surface area contributed by atoms with E-state index in [0.29, 0.717) is 6.42 Å². The third kappa shape index (κ3) is 5.48. The van der Waals surface area contributed by atoms with Gasteiger partial charge in [0.1, 0.15) is 0 Å². The van der Waals surface area contributed by atoms with Gasteiger partial charge in [-0.15, -0.1) is 0 Å². The molecule has 0 aliphatic carbocycles. The molecule has 0 aliphatic heterocycles. The zero-order valence-electron chi connectivity index (χ0n) is 15.1. The number of nitrogens with zero attached hydrogens (tertiary/aromatic N) is 1. The van der Waals surface area contributed by atoms with Gasteiger partial charge in [-0.1, -0.05) is 19.8 Å². The molecule has 0 saturated heterocycles. The maximum Gasteiger partial charge on any atom is 0.338 e. The first kappa shape index (κ1) is 22.0. The average Bonchev–Trinajstić information content (AvgIpc) is 2.58. The fourth-order valence-electron chi connectivity index (χ4n) is 2.40. The second-order valence-corrected chi connectivity index (χ2v) is 7.50. The molecule has 0 spiro atoms. The van der Waals surface area contributed by atoms with Gasteiger partial charge in [0.05, 0.1) is 22.0 Å². The molecule has 0 heterocycles. The number of sulfonamides is 1.